The first kappa shape index (κ1) is 19.1. The van der Waals surface area contributed by atoms with Crippen LogP contribution in [0.2, 0.25) is 5.02 Å². The van der Waals surface area contributed by atoms with Crippen LogP contribution in [0.15, 0.2) is 42.5 Å². The molecule has 6 heteroatoms. The molecule has 1 saturated heterocycles. The maximum atomic E-state index is 6.20. The van der Waals surface area contributed by atoms with Crippen molar-refractivity contribution in [3.05, 3.63) is 53.1 Å². The van der Waals surface area contributed by atoms with Gasteiger partial charge in [0.1, 0.15) is 5.75 Å². The van der Waals surface area contributed by atoms with Crippen molar-refractivity contribution in [3.8, 4) is 5.75 Å². The van der Waals surface area contributed by atoms with Crippen molar-refractivity contribution in [2.75, 3.05) is 25.0 Å². The van der Waals surface area contributed by atoms with Gasteiger partial charge in [0.2, 0.25) is 5.95 Å². The Hall–Kier alpha value is -2.24. The van der Waals surface area contributed by atoms with Gasteiger partial charge in [-0.15, -0.1) is 0 Å². The third kappa shape index (κ3) is 4.10. The van der Waals surface area contributed by atoms with Gasteiger partial charge in [0.15, 0.2) is 0 Å². The molecule has 1 aromatic heterocycles. The van der Waals surface area contributed by atoms with Gasteiger partial charge in [0, 0.05) is 32.7 Å². The molecule has 1 aliphatic heterocycles. The van der Waals surface area contributed by atoms with Crippen LogP contribution in [0.25, 0.3) is 11.0 Å². The van der Waals surface area contributed by atoms with Crippen molar-refractivity contribution in [1.29, 1.82) is 0 Å². The summed E-state index contributed by atoms with van der Waals surface area (Å²) in [5.41, 5.74) is 3.45. The molecule has 4 rings (SSSR count). The number of hydrogen-bond acceptors (Lipinski definition) is 4. The minimum atomic E-state index is 0.455. The van der Waals surface area contributed by atoms with E-state index in [0.29, 0.717) is 17.7 Å². The summed E-state index contributed by atoms with van der Waals surface area (Å²) >= 11 is 6.20. The number of anilines is 1. The number of halogens is 1. The molecule has 0 atom stereocenters. The predicted molar refractivity (Wildman–Crippen MR) is 115 cm³/mol. The third-order valence-corrected chi connectivity index (χ3v) is 5.72. The standard InChI is InChI=1S/C22H27ClN4O/c1-3-28-21-14-16(8-9-18(21)23)15-27-12-10-17(11-13-27)24-22-25-19-6-4-5-7-20(19)26(22)2/h4-9,14,17H,3,10-13,15H2,1-2H3,(H,24,25). The van der Waals surface area contributed by atoms with Gasteiger partial charge >= 0.3 is 0 Å². The van der Waals surface area contributed by atoms with Crippen LogP contribution >= 0.6 is 11.6 Å². The Kier molecular flexibility index (Phi) is 5.74. The molecule has 28 heavy (non-hydrogen) atoms. The lowest BCUT2D eigenvalue weighted by Gasteiger charge is -2.32. The lowest BCUT2D eigenvalue weighted by atomic mass is 10.0. The quantitative estimate of drug-likeness (QED) is 0.653. The van der Waals surface area contributed by atoms with Crippen molar-refractivity contribution in [3.63, 3.8) is 0 Å². The van der Waals surface area contributed by atoms with E-state index < -0.39 is 0 Å². The maximum absolute atomic E-state index is 6.20. The van der Waals surface area contributed by atoms with Crippen molar-refractivity contribution in [2.24, 2.45) is 7.05 Å². The maximum Gasteiger partial charge on any atom is 0.203 e. The van der Waals surface area contributed by atoms with E-state index in [0.717, 1.165) is 55.2 Å². The Morgan fingerprint density at radius 2 is 1.96 bits per heavy atom. The van der Waals surface area contributed by atoms with Gasteiger partial charge in [-0.05, 0) is 49.6 Å². The van der Waals surface area contributed by atoms with Crippen molar-refractivity contribution >= 4 is 28.6 Å². The fourth-order valence-electron chi connectivity index (χ4n) is 3.86. The number of aromatic nitrogens is 2. The number of nitrogens with one attached hydrogen (secondary N) is 1. The van der Waals surface area contributed by atoms with E-state index in [-0.39, 0.29) is 0 Å². The molecule has 0 spiro atoms. The van der Waals surface area contributed by atoms with Crippen molar-refractivity contribution in [1.82, 2.24) is 14.5 Å². The lowest BCUT2D eigenvalue weighted by molar-refractivity contribution is 0.210. The summed E-state index contributed by atoms with van der Waals surface area (Å²) in [7, 11) is 2.07. The van der Waals surface area contributed by atoms with E-state index in [1.165, 1.54) is 5.56 Å². The molecule has 0 aliphatic carbocycles. The number of aryl methyl sites for hydroxylation is 1. The normalized spacial score (nSPS) is 15.8. The number of para-hydroxylation sites is 2. The molecule has 1 N–H and O–H groups in total. The van der Waals surface area contributed by atoms with Gasteiger partial charge in [-0.1, -0.05) is 29.8 Å². The number of fused-ring (bicyclic) bond motifs is 1. The molecular formula is C22H27ClN4O. The highest BCUT2D eigenvalue weighted by atomic mass is 35.5. The molecule has 148 valence electrons. The summed E-state index contributed by atoms with van der Waals surface area (Å²) in [6.45, 7) is 5.66. The number of ether oxygens (including phenoxy) is 1. The van der Waals surface area contributed by atoms with Crippen molar-refractivity contribution in [2.45, 2.75) is 32.4 Å². The molecule has 2 heterocycles. The average molecular weight is 399 g/mol. The van der Waals surface area contributed by atoms with Crippen LogP contribution in [0.5, 0.6) is 5.75 Å². The Morgan fingerprint density at radius 1 is 1.18 bits per heavy atom. The van der Waals surface area contributed by atoms with Gasteiger partial charge < -0.3 is 14.6 Å². The molecule has 0 bridgehead atoms. The number of imidazole rings is 1. The smallest absolute Gasteiger partial charge is 0.203 e. The summed E-state index contributed by atoms with van der Waals surface area (Å²) in [4.78, 5) is 7.23. The summed E-state index contributed by atoms with van der Waals surface area (Å²) in [6.07, 6.45) is 2.21. The summed E-state index contributed by atoms with van der Waals surface area (Å²) in [5, 5.41) is 4.32. The molecular weight excluding hydrogens is 372 g/mol. The van der Waals surface area contributed by atoms with Gasteiger partial charge in [0.25, 0.3) is 0 Å². The molecule has 5 nitrogen and oxygen atoms in total. The fourth-order valence-corrected chi connectivity index (χ4v) is 4.04. The van der Waals surface area contributed by atoms with Crippen LogP contribution in [0.3, 0.4) is 0 Å². The number of nitrogens with zero attached hydrogens (tertiary/aromatic N) is 3. The molecule has 1 fully saturated rings. The average Bonchev–Trinajstić information content (AvgIpc) is 3.02. The molecule has 2 aromatic carbocycles. The van der Waals surface area contributed by atoms with Crippen LogP contribution in [0.4, 0.5) is 5.95 Å². The number of hydrogen-bond donors (Lipinski definition) is 1. The predicted octanol–water partition coefficient (Wildman–Crippen LogP) is 4.70. The Morgan fingerprint density at radius 3 is 2.71 bits per heavy atom. The van der Waals surface area contributed by atoms with Crippen LogP contribution in [0, 0.1) is 0 Å². The van der Waals surface area contributed by atoms with Crippen molar-refractivity contribution < 1.29 is 4.74 Å². The van der Waals surface area contributed by atoms with E-state index >= 15 is 0 Å². The summed E-state index contributed by atoms with van der Waals surface area (Å²) in [5.74, 6) is 1.73. The van der Waals surface area contributed by atoms with E-state index in [1.807, 2.05) is 19.1 Å². The van der Waals surface area contributed by atoms with Gasteiger partial charge in [-0.2, -0.15) is 0 Å². The Labute approximate surface area is 171 Å². The second-order valence-corrected chi connectivity index (χ2v) is 7.78. The zero-order valence-electron chi connectivity index (χ0n) is 16.5. The third-order valence-electron chi connectivity index (χ3n) is 5.41. The fraction of sp³-hybridized carbons (Fsp3) is 0.409. The number of piperidine rings is 1. The highest BCUT2D eigenvalue weighted by Gasteiger charge is 2.21. The Balaban J connectivity index is 1.34. The monoisotopic (exact) mass is 398 g/mol. The first-order valence-corrected chi connectivity index (χ1v) is 10.3. The van der Waals surface area contributed by atoms with Crippen LogP contribution in [0.1, 0.15) is 25.3 Å². The highest BCUT2D eigenvalue weighted by Crippen LogP contribution is 2.27. The number of rotatable bonds is 6. The van der Waals surface area contributed by atoms with Gasteiger partial charge in [-0.3, -0.25) is 4.90 Å². The molecule has 0 amide bonds. The zero-order chi connectivity index (χ0) is 19.5. The van der Waals surface area contributed by atoms with E-state index in [9.17, 15) is 0 Å². The summed E-state index contributed by atoms with van der Waals surface area (Å²) < 4.78 is 7.76. The largest absolute Gasteiger partial charge is 0.492 e. The van der Waals surface area contributed by atoms with Gasteiger partial charge in [0.05, 0.1) is 22.7 Å². The van der Waals surface area contributed by atoms with Crippen LogP contribution < -0.4 is 10.1 Å². The summed E-state index contributed by atoms with van der Waals surface area (Å²) in [6, 6.07) is 14.8. The molecule has 0 radical (unpaired) electrons. The number of likely N-dealkylation sites (tertiary alicyclic amines) is 1. The highest BCUT2D eigenvalue weighted by molar-refractivity contribution is 6.32. The minimum Gasteiger partial charge on any atom is -0.492 e. The zero-order valence-corrected chi connectivity index (χ0v) is 17.2. The first-order valence-electron chi connectivity index (χ1n) is 9.95. The topological polar surface area (TPSA) is 42.3 Å². The van der Waals surface area contributed by atoms with E-state index in [1.54, 1.807) is 0 Å². The lowest BCUT2D eigenvalue weighted by Crippen LogP contribution is -2.39. The molecule has 3 aromatic rings. The van der Waals surface area contributed by atoms with E-state index in [2.05, 4.69) is 52.2 Å². The molecule has 1 aliphatic rings. The first-order chi connectivity index (χ1) is 13.6. The van der Waals surface area contributed by atoms with Crippen LogP contribution in [-0.4, -0.2) is 40.2 Å². The second kappa shape index (κ2) is 8.41. The van der Waals surface area contributed by atoms with Crippen LogP contribution in [-0.2, 0) is 13.6 Å². The molecule has 0 unspecified atom stereocenters. The Bertz CT molecular complexity index is 947. The van der Waals surface area contributed by atoms with E-state index in [4.69, 9.17) is 21.3 Å². The molecule has 0 saturated carbocycles. The second-order valence-electron chi connectivity index (χ2n) is 7.38. The number of benzene rings is 2. The van der Waals surface area contributed by atoms with Gasteiger partial charge in [-0.25, -0.2) is 4.98 Å². The minimum absolute atomic E-state index is 0.455. The SMILES string of the molecule is CCOc1cc(CN2CCC(Nc3nc4ccccc4n3C)CC2)ccc1Cl.